The Morgan fingerprint density at radius 3 is 2.49 bits per heavy atom. The molecule has 0 bridgehead atoms. The van der Waals surface area contributed by atoms with Gasteiger partial charge in [0, 0.05) is 30.6 Å². The Morgan fingerprint density at radius 2 is 1.77 bits per heavy atom. The van der Waals surface area contributed by atoms with Crippen LogP contribution in [0.15, 0.2) is 72.1 Å². The second kappa shape index (κ2) is 9.56. The van der Waals surface area contributed by atoms with Crippen LogP contribution >= 0.6 is 0 Å². The molecule has 1 saturated carbocycles. The summed E-state index contributed by atoms with van der Waals surface area (Å²) in [4.78, 5) is 24.4. The van der Waals surface area contributed by atoms with Gasteiger partial charge in [-0.3, -0.25) is 9.59 Å². The highest BCUT2D eigenvalue weighted by Crippen LogP contribution is 2.40. The van der Waals surface area contributed by atoms with Crippen LogP contribution in [0.2, 0.25) is 0 Å². The lowest BCUT2D eigenvalue weighted by Gasteiger charge is -2.33. The van der Waals surface area contributed by atoms with E-state index in [1.807, 2.05) is 18.2 Å². The molecule has 0 aromatic heterocycles. The Balaban J connectivity index is 1.19. The van der Waals surface area contributed by atoms with Crippen molar-refractivity contribution in [2.24, 2.45) is 5.92 Å². The van der Waals surface area contributed by atoms with Crippen LogP contribution < -0.4 is 10.6 Å². The number of piperidine rings is 1. The Morgan fingerprint density at radius 1 is 1.03 bits per heavy atom. The molecule has 2 aliphatic heterocycles. The molecule has 2 aromatic rings. The summed E-state index contributed by atoms with van der Waals surface area (Å²) in [7, 11) is -3.73. The van der Waals surface area contributed by atoms with Crippen molar-refractivity contribution >= 4 is 21.8 Å². The molecule has 2 heterocycles. The molecule has 9 heteroatoms. The van der Waals surface area contributed by atoms with Crippen molar-refractivity contribution in [3.63, 3.8) is 0 Å². The normalized spacial score (nSPS) is 28.1. The maximum atomic E-state index is 13.2. The highest BCUT2D eigenvalue weighted by Gasteiger charge is 2.43. The summed E-state index contributed by atoms with van der Waals surface area (Å²) in [5, 5.41) is 5.77. The maximum Gasteiger partial charge on any atom is 0.251 e. The number of amides is 2. The van der Waals surface area contributed by atoms with Crippen LogP contribution in [0.5, 0.6) is 0 Å². The lowest BCUT2D eigenvalue weighted by atomic mass is 9.94. The predicted molar refractivity (Wildman–Crippen MR) is 130 cm³/mol. The number of carbonyl (C=O) groups excluding carboxylic acids is 2. The van der Waals surface area contributed by atoms with Crippen LogP contribution in [-0.4, -0.2) is 56.0 Å². The third-order valence-electron chi connectivity index (χ3n) is 7.09. The van der Waals surface area contributed by atoms with Gasteiger partial charge in [-0.05, 0) is 61.1 Å². The first-order valence-electron chi connectivity index (χ1n) is 11.9. The highest BCUT2D eigenvalue weighted by molar-refractivity contribution is 7.89. The van der Waals surface area contributed by atoms with Crippen molar-refractivity contribution in [2.75, 3.05) is 13.1 Å². The van der Waals surface area contributed by atoms with Gasteiger partial charge in [-0.15, -0.1) is 0 Å². The molecule has 0 spiro atoms. The maximum absolute atomic E-state index is 13.2. The molecule has 0 radical (unpaired) electrons. The number of hydrogen-bond donors (Lipinski definition) is 2. The van der Waals surface area contributed by atoms with Gasteiger partial charge >= 0.3 is 0 Å². The number of fused-ring (bicyclic) bond motifs is 1. The smallest absolute Gasteiger partial charge is 0.251 e. The Labute approximate surface area is 205 Å². The predicted octanol–water partition coefficient (Wildman–Crippen LogP) is 2.40. The van der Waals surface area contributed by atoms with E-state index in [0.29, 0.717) is 30.9 Å². The first-order chi connectivity index (χ1) is 16.8. The van der Waals surface area contributed by atoms with Crippen molar-refractivity contribution in [3.05, 3.63) is 78.4 Å². The van der Waals surface area contributed by atoms with Gasteiger partial charge in [0.25, 0.3) is 5.91 Å². The molecule has 3 fully saturated rings. The summed E-state index contributed by atoms with van der Waals surface area (Å²) in [6, 6.07) is 16.3. The summed E-state index contributed by atoms with van der Waals surface area (Å²) >= 11 is 0. The summed E-state index contributed by atoms with van der Waals surface area (Å²) in [6.07, 6.45) is 2.72. The molecule has 35 heavy (non-hydrogen) atoms. The van der Waals surface area contributed by atoms with Gasteiger partial charge < -0.3 is 15.4 Å². The minimum atomic E-state index is -3.73. The molecule has 4 unspecified atom stereocenters. The fourth-order valence-electron chi connectivity index (χ4n) is 5.03. The van der Waals surface area contributed by atoms with E-state index in [9.17, 15) is 18.0 Å². The van der Waals surface area contributed by atoms with E-state index in [-0.39, 0.29) is 41.3 Å². The van der Waals surface area contributed by atoms with Crippen LogP contribution in [0.3, 0.4) is 0 Å². The second-order valence-corrected chi connectivity index (χ2v) is 11.3. The van der Waals surface area contributed by atoms with Crippen molar-refractivity contribution in [3.8, 4) is 0 Å². The zero-order valence-corrected chi connectivity index (χ0v) is 20.1. The molecule has 5 atom stereocenters. The molecule has 8 nitrogen and oxygen atoms in total. The van der Waals surface area contributed by atoms with Crippen LogP contribution in [0.1, 0.15) is 41.1 Å². The van der Waals surface area contributed by atoms with Gasteiger partial charge in [-0.25, -0.2) is 8.42 Å². The molecule has 2 N–H and O–H groups in total. The van der Waals surface area contributed by atoms with Crippen molar-refractivity contribution < 1.29 is 22.7 Å². The molecular formula is C26H29N3O5S. The lowest BCUT2D eigenvalue weighted by molar-refractivity contribution is -0.120. The quantitative estimate of drug-likeness (QED) is 0.574. The summed E-state index contributed by atoms with van der Waals surface area (Å²) in [6.45, 7) is 4.06. The summed E-state index contributed by atoms with van der Waals surface area (Å²) in [5.74, 6) is 0.0136. The van der Waals surface area contributed by atoms with E-state index in [1.165, 1.54) is 28.1 Å². The zero-order chi connectivity index (χ0) is 24.6. The Bertz CT molecular complexity index is 1220. The molecule has 1 aliphatic carbocycles. The van der Waals surface area contributed by atoms with Crippen LogP contribution in [-0.2, 0) is 19.6 Å². The van der Waals surface area contributed by atoms with Crippen LogP contribution in [0, 0.1) is 5.92 Å². The van der Waals surface area contributed by atoms with Gasteiger partial charge in [0.2, 0.25) is 15.9 Å². The van der Waals surface area contributed by atoms with Gasteiger partial charge in [-0.1, -0.05) is 36.9 Å². The van der Waals surface area contributed by atoms with E-state index < -0.39 is 16.3 Å². The Kier molecular flexibility index (Phi) is 6.48. The van der Waals surface area contributed by atoms with E-state index in [1.54, 1.807) is 12.1 Å². The molecule has 3 aliphatic rings. The minimum absolute atomic E-state index is 0.0982. The van der Waals surface area contributed by atoms with Crippen LogP contribution in [0.25, 0.3) is 0 Å². The van der Waals surface area contributed by atoms with Crippen molar-refractivity contribution in [2.45, 2.75) is 48.4 Å². The van der Waals surface area contributed by atoms with Crippen molar-refractivity contribution in [1.29, 1.82) is 0 Å². The van der Waals surface area contributed by atoms with E-state index in [0.717, 1.165) is 6.42 Å². The van der Waals surface area contributed by atoms with Gasteiger partial charge in [0.05, 0.1) is 11.0 Å². The standard InChI is InChI=1S/C26H29N3O5S/c1-2-24(30)28-25-14-19-12-13-29(16-23(19)34-25)35(32,33)20-10-8-18(9-11-20)26(31)27-22-15-21(22)17-6-4-3-5-7-17/h2-11,19,21-23,25H,1,12-16H2,(H,27,31)(H,28,30)/t19?,21?,22-,23?,25?/m1/s1. The number of ether oxygens (including phenoxy) is 1. The summed E-state index contributed by atoms with van der Waals surface area (Å²) < 4.78 is 33.8. The second-order valence-electron chi connectivity index (χ2n) is 9.38. The molecular weight excluding hydrogens is 466 g/mol. The minimum Gasteiger partial charge on any atom is -0.354 e. The fourth-order valence-corrected chi connectivity index (χ4v) is 6.50. The van der Waals surface area contributed by atoms with Crippen LogP contribution in [0.4, 0.5) is 0 Å². The average molecular weight is 496 g/mol. The third-order valence-corrected chi connectivity index (χ3v) is 8.97. The van der Waals surface area contributed by atoms with Gasteiger partial charge in [-0.2, -0.15) is 4.31 Å². The SMILES string of the molecule is C=CC(=O)NC1CC2CCN(S(=O)(=O)c3ccc(C(=O)N[C@@H]4CC4c4ccccc4)cc3)CC2O1. The number of nitrogens with zero attached hydrogens (tertiary/aromatic N) is 1. The first-order valence-corrected chi connectivity index (χ1v) is 13.3. The molecule has 2 amide bonds. The number of rotatable bonds is 7. The molecule has 5 rings (SSSR count). The molecule has 184 valence electrons. The number of carbonyl (C=O) groups is 2. The summed E-state index contributed by atoms with van der Waals surface area (Å²) in [5.41, 5.74) is 1.64. The topological polar surface area (TPSA) is 105 Å². The van der Waals surface area contributed by atoms with E-state index >= 15 is 0 Å². The highest BCUT2D eigenvalue weighted by atomic mass is 32.2. The first kappa shape index (κ1) is 23.7. The average Bonchev–Trinajstić information content (AvgIpc) is 3.52. The van der Waals surface area contributed by atoms with Gasteiger partial charge in [0.15, 0.2) is 0 Å². The third kappa shape index (κ3) is 5.03. The fraction of sp³-hybridized carbons (Fsp3) is 0.385. The molecule has 2 aromatic carbocycles. The largest absolute Gasteiger partial charge is 0.354 e. The van der Waals surface area contributed by atoms with E-state index in [4.69, 9.17) is 4.74 Å². The monoisotopic (exact) mass is 495 g/mol. The Hall–Kier alpha value is -3.01. The molecule has 2 saturated heterocycles. The number of hydrogen-bond acceptors (Lipinski definition) is 5. The zero-order valence-electron chi connectivity index (χ0n) is 19.3. The number of benzene rings is 2. The number of nitrogens with one attached hydrogen (secondary N) is 2. The van der Waals surface area contributed by atoms with Crippen molar-refractivity contribution in [1.82, 2.24) is 14.9 Å². The lowest BCUT2D eigenvalue weighted by Crippen LogP contribution is -2.45. The number of sulfonamides is 1. The van der Waals surface area contributed by atoms with Gasteiger partial charge in [0.1, 0.15) is 6.23 Å². The van der Waals surface area contributed by atoms with E-state index in [2.05, 4.69) is 29.3 Å².